The minimum Gasteiger partial charge on any atom is -0.435 e. The number of halogens is 3. The number of nitrogens with one attached hydrogen (secondary N) is 2. The van der Waals surface area contributed by atoms with Gasteiger partial charge in [0.05, 0.1) is 15.5 Å². The van der Waals surface area contributed by atoms with Crippen LogP contribution >= 0.6 is 11.6 Å². The molecule has 0 aliphatic carbocycles. The second-order valence-corrected chi connectivity index (χ2v) is 8.56. The first-order chi connectivity index (χ1) is 14.6. The molecule has 31 heavy (non-hydrogen) atoms. The number of sulfonamides is 1. The van der Waals surface area contributed by atoms with Crippen LogP contribution in [0.3, 0.4) is 0 Å². The third kappa shape index (κ3) is 5.93. The van der Waals surface area contributed by atoms with Gasteiger partial charge in [-0.2, -0.15) is 8.78 Å². The van der Waals surface area contributed by atoms with Crippen LogP contribution in [0, 0.1) is 6.92 Å². The normalized spacial score (nSPS) is 11.3. The molecule has 3 aromatic rings. The topological polar surface area (TPSA) is 84.5 Å². The second-order valence-electron chi connectivity index (χ2n) is 6.47. The molecule has 0 radical (unpaired) electrons. The van der Waals surface area contributed by atoms with Crippen molar-refractivity contribution >= 4 is 38.9 Å². The van der Waals surface area contributed by atoms with E-state index in [2.05, 4.69) is 14.8 Å². The summed E-state index contributed by atoms with van der Waals surface area (Å²) in [6.07, 6.45) is 0. The lowest BCUT2D eigenvalue weighted by atomic mass is 10.2. The van der Waals surface area contributed by atoms with Gasteiger partial charge in [-0.25, -0.2) is 8.42 Å². The third-order valence-electron chi connectivity index (χ3n) is 4.10. The van der Waals surface area contributed by atoms with Crippen molar-refractivity contribution in [1.29, 1.82) is 0 Å². The molecule has 0 aromatic heterocycles. The lowest BCUT2D eigenvalue weighted by molar-refractivity contribution is -0.0498. The molecule has 0 fully saturated rings. The molecule has 3 rings (SSSR count). The Kier molecular flexibility index (Phi) is 6.77. The highest BCUT2D eigenvalue weighted by molar-refractivity contribution is 7.92. The van der Waals surface area contributed by atoms with Crippen molar-refractivity contribution in [3.05, 3.63) is 82.9 Å². The predicted molar refractivity (Wildman–Crippen MR) is 114 cm³/mol. The van der Waals surface area contributed by atoms with Crippen LogP contribution in [0.25, 0.3) is 0 Å². The van der Waals surface area contributed by atoms with Crippen molar-refractivity contribution in [1.82, 2.24) is 0 Å². The molecule has 6 nitrogen and oxygen atoms in total. The summed E-state index contributed by atoms with van der Waals surface area (Å²) in [6.45, 7) is -1.13. The van der Waals surface area contributed by atoms with Crippen LogP contribution in [0.5, 0.6) is 5.75 Å². The van der Waals surface area contributed by atoms with Gasteiger partial charge in [0, 0.05) is 11.4 Å². The fourth-order valence-electron chi connectivity index (χ4n) is 2.69. The maximum Gasteiger partial charge on any atom is 0.387 e. The average molecular weight is 467 g/mol. The zero-order chi connectivity index (χ0) is 22.6. The molecule has 10 heteroatoms. The molecule has 2 N–H and O–H groups in total. The first-order valence-electron chi connectivity index (χ1n) is 8.89. The molecule has 0 aliphatic heterocycles. The summed E-state index contributed by atoms with van der Waals surface area (Å²) in [5, 5.41) is 2.58. The monoisotopic (exact) mass is 466 g/mol. The fourth-order valence-corrected chi connectivity index (χ4v) is 3.96. The number of hydrogen-bond donors (Lipinski definition) is 2. The van der Waals surface area contributed by atoms with E-state index in [4.69, 9.17) is 11.6 Å². The molecule has 0 saturated carbocycles. The minimum absolute atomic E-state index is 0.0460. The molecule has 0 spiro atoms. The molecule has 0 unspecified atom stereocenters. The molecular weight excluding hydrogens is 450 g/mol. The number of anilines is 2. The molecule has 0 atom stereocenters. The van der Waals surface area contributed by atoms with Gasteiger partial charge >= 0.3 is 6.61 Å². The number of aryl methyl sites for hydroxylation is 1. The average Bonchev–Trinajstić information content (AvgIpc) is 2.69. The van der Waals surface area contributed by atoms with E-state index in [0.29, 0.717) is 5.69 Å². The van der Waals surface area contributed by atoms with Gasteiger partial charge in [-0.1, -0.05) is 23.7 Å². The minimum atomic E-state index is -3.97. The van der Waals surface area contributed by atoms with Crippen molar-refractivity contribution in [2.45, 2.75) is 18.4 Å². The summed E-state index contributed by atoms with van der Waals surface area (Å²) < 4.78 is 56.6. The standard InChI is InChI=1S/C21H17ClF2N2O4S/c1-13-3-2-4-15(11-13)26-31(28,29)17-9-10-19(22)18(12-17)20(27)25-14-5-7-16(8-6-14)30-21(23)24/h2-12,21,26H,1H3,(H,25,27). The largest absolute Gasteiger partial charge is 0.435 e. The van der Waals surface area contributed by atoms with E-state index >= 15 is 0 Å². The van der Waals surface area contributed by atoms with E-state index in [0.717, 1.165) is 11.6 Å². The third-order valence-corrected chi connectivity index (χ3v) is 5.81. The highest BCUT2D eigenvalue weighted by Gasteiger charge is 2.19. The first kappa shape index (κ1) is 22.5. The van der Waals surface area contributed by atoms with E-state index in [1.807, 2.05) is 13.0 Å². The Morgan fingerprint density at radius 3 is 2.35 bits per heavy atom. The van der Waals surface area contributed by atoms with Crippen molar-refractivity contribution < 1.29 is 26.7 Å². The van der Waals surface area contributed by atoms with E-state index in [-0.39, 0.29) is 26.9 Å². The predicted octanol–water partition coefficient (Wildman–Crippen LogP) is 5.30. The van der Waals surface area contributed by atoms with Crippen molar-refractivity contribution in [2.75, 3.05) is 10.0 Å². The summed E-state index contributed by atoms with van der Waals surface area (Å²) in [5.74, 6) is -0.735. The Hall–Kier alpha value is -3.17. The van der Waals surface area contributed by atoms with Gasteiger partial charge in [0.25, 0.3) is 15.9 Å². The number of ether oxygens (including phenoxy) is 1. The van der Waals surface area contributed by atoms with Gasteiger partial charge in [-0.05, 0) is 67.1 Å². The summed E-state index contributed by atoms with van der Waals surface area (Å²) in [6, 6.07) is 15.8. The Balaban J connectivity index is 1.80. The second kappa shape index (κ2) is 9.32. The zero-order valence-corrected chi connectivity index (χ0v) is 17.7. The molecule has 162 valence electrons. The van der Waals surface area contributed by atoms with E-state index < -0.39 is 22.5 Å². The first-order valence-corrected chi connectivity index (χ1v) is 10.8. The van der Waals surface area contributed by atoms with Gasteiger partial charge < -0.3 is 10.1 Å². The van der Waals surface area contributed by atoms with Crippen LogP contribution in [-0.4, -0.2) is 20.9 Å². The summed E-state index contributed by atoms with van der Waals surface area (Å²) >= 11 is 6.09. The molecule has 3 aromatic carbocycles. The molecule has 0 aliphatic rings. The summed E-state index contributed by atoms with van der Waals surface area (Å²) in [7, 11) is -3.97. The number of hydrogen-bond acceptors (Lipinski definition) is 4. The van der Waals surface area contributed by atoms with Crippen molar-refractivity contribution in [2.24, 2.45) is 0 Å². The smallest absolute Gasteiger partial charge is 0.387 e. The van der Waals surface area contributed by atoms with Crippen LogP contribution < -0.4 is 14.8 Å². The van der Waals surface area contributed by atoms with E-state index in [1.54, 1.807) is 18.2 Å². The Morgan fingerprint density at radius 1 is 1.00 bits per heavy atom. The van der Waals surface area contributed by atoms with Gasteiger partial charge in [-0.15, -0.1) is 0 Å². The maximum atomic E-state index is 12.7. The van der Waals surface area contributed by atoms with Gasteiger partial charge in [0.1, 0.15) is 5.75 Å². The number of alkyl halides is 2. The van der Waals surface area contributed by atoms with Crippen LogP contribution in [0.1, 0.15) is 15.9 Å². The molecule has 1 amide bonds. The highest BCUT2D eigenvalue weighted by Crippen LogP contribution is 2.25. The van der Waals surface area contributed by atoms with Gasteiger partial charge in [-0.3, -0.25) is 9.52 Å². The Bertz CT molecular complexity index is 1200. The number of benzene rings is 3. The quantitative estimate of drug-likeness (QED) is 0.494. The summed E-state index contributed by atoms with van der Waals surface area (Å²) in [4.78, 5) is 12.5. The fraction of sp³-hybridized carbons (Fsp3) is 0.0952. The van der Waals surface area contributed by atoms with Crippen LogP contribution in [0.15, 0.2) is 71.6 Å². The van der Waals surface area contributed by atoms with Crippen LogP contribution in [0.2, 0.25) is 5.02 Å². The van der Waals surface area contributed by atoms with Crippen LogP contribution in [0.4, 0.5) is 20.2 Å². The number of carbonyl (C=O) groups is 1. The SMILES string of the molecule is Cc1cccc(NS(=O)(=O)c2ccc(Cl)c(C(=O)Nc3ccc(OC(F)F)cc3)c2)c1. The molecule has 0 saturated heterocycles. The maximum absolute atomic E-state index is 12.7. The van der Waals surface area contributed by atoms with Gasteiger partial charge in [0.15, 0.2) is 0 Å². The number of rotatable bonds is 7. The lowest BCUT2D eigenvalue weighted by Crippen LogP contribution is -2.16. The molecule has 0 bridgehead atoms. The zero-order valence-electron chi connectivity index (χ0n) is 16.1. The number of carbonyl (C=O) groups excluding carboxylic acids is 1. The highest BCUT2D eigenvalue weighted by atomic mass is 35.5. The lowest BCUT2D eigenvalue weighted by Gasteiger charge is -2.12. The Labute approximate surface area is 182 Å². The number of amides is 1. The molecule has 0 heterocycles. The van der Waals surface area contributed by atoms with Crippen LogP contribution in [-0.2, 0) is 10.0 Å². The van der Waals surface area contributed by atoms with E-state index in [1.165, 1.54) is 36.4 Å². The van der Waals surface area contributed by atoms with Crippen molar-refractivity contribution in [3.8, 4) is 5.75 Å². The molecular formula is C21H17ClF2N2O4S. The van der Waals surface area contributed by atoms with E-state index in [9.17, 15) is 22.0 Å². The van der Waals surface area contributed by atoms with Crippen molar-refractivity contribution in [3.63, 3.8) is 0 Å². The summed E-state index contributed by atoms with van der Waals surface area (Å²) in [5.41, 5.74) is 1.48. The Morgan fingerprint density at radius 2 is 1.71 bits per heavy atom. The van der Waals surface area contributed by atoms with Gasteiger partial charge in [0.2, 0.25) is 0 Å².